The van der Waals surface area contributed by atoms with Crippen molar-refractivity contribution in [2.75, 3.05) is 6.61 Å². The van der Waals surface area contributed by atoms with E-state index in [1.165, 1.54) is 0 Å². The maximum atomic E-state index is 13.8. The van der Waals surface area contributed by atoms with Gasteiger partial charge in [-0.15, -0.1) is 0 Å². The molecule has 1 atom stereocenters. The fourth-order valence-electron chi connectivity index (χ4n) is 4.06. The number of rotatable bonds is 10. The summed E-state index contributed by atoms with van der Waals surface area (Å²) in [6.45, 7) is 9.88. The molecule has 0 radical (unpaired) electrons. The van der Waals surface area contributed by atoms with Gasteiger partial charge in [-0.1, -0.05) is 79.5 Å². The van der Waals surface area contributed by atoms with Crippen LogP contribution in [0.15, 0.2) is 71.2 Å². The second-order valence-corrected chi connectivity index (χ2v) is 12.5. The van der Waals surface area contributed by atoms with E-state index in [1.807, 2.05) is 69.3 Å². The smallest absolute Gasteiger partial charge is 0.261 e. The van der Waals surface area contributed by atoms with Crippen molar-refractivity contribution < 1.29 is 14.3 Å². The summed E-state index contributed by atoms with van der Waals surface area (Å²) in [6, 6.07) is 19.9. The van der Waals surface area contributed by atoms with Crippen LogP contribution in [-0.4, -0.2) is 34.9 Å². The first-order chi connectivity index (χ1) is 18.3. The van der Waals surface area contributed by atoms with Crippen molar-refractivity contribution in [3.8, 4) is 5.75 Å². The summed E-state index contributed by atoms with van der Waals surface area (Å²) in [6.07, 6.45) is 0.336. The predicted molar refractivity (Wildman–Crippen MR) is 163 cm³/mol. The lowest BCUT2D eigenvalue weighted by atomic mass is 10.0. The van der Waals surface area contributed by atoms with Crippen LogP contribution in [0, 0.1) is 0 Å². The Morgan fingerprint density at radius 1 is 0.949 bits per heavy atom. The molecule has 0 aromatic heterocycles. The minimum Gasteiger partial charge on any atom is -0.483 e. The number of carbonyl (C=O) groups is 2. The van der Waals surface area contributed by atoms with Gasteiger partial charge in [0.1, 0.15) is 11.8 Å². The van der Waals surface area contributed by atoms with Gasteiger partial charge >= 0.3 is 0 Å². The summed E-state index contributed by atoms with van der Waals surface area (Å²) in [4.78, 5) is 29.0. The van der Waals surface area contributed by atoms with Crippen molar-refractivity contribution in [3.05, 3.63) is 97.9 Å². The lowest BCUT2D eigenvalue weighted by molar-refractivity contribution is -0.143. The van der Waals surface area contributed by atoms with Gasteiger partial charge in [-0.3, -0.25) is 9.59 Å². The van der Waals surface area contributed by atoms with Crippen molar-refractivity contribution in [1.29, 1.82) is 0 Å². The highest BCUT2D eigenvalue weighted by atomic mass is 79.9. The highest BCUT2D eigenvalue weighted by Crippen LogP contribution is 2.29. The molecule has 1 unspecified atom stereocenters. The Morgan fingerprint density at radius 2 is 1.64 bits per heavy atom. The van der Waals surface area contributed by atoms with E-state index in [0.717, 1.165) is 21.2 Å². The van der Waals surface area contributed by atoms with Gasteiger partial charge in [0.2, 0.25) is 5.91 Å². The van der Waals surface area contributed by atoms with Crippen molar-refractivity contribution in [2.45, 2.75) is 65.1 Å². The first-order valence-corrected chi connectivity index (χ1v) is 14.4. The molecular formula is C31H35BrCl2N2O3. The maximum absolute atomic E-state index is 13.8. The molecule has 5 nitrogen and oxygen atoms in total. The molecule has 0 aliphatic carbocycles. The lowest BCUT2D eigenvalue weighted by Gasteiger charge is -2.34. The van der Waals surface area contributed by atoms with E-state index in [1.54, 1.807) is 23.1 Å². The van der Waals surface area contributed by atoms with Gasteiger partial charge in [0.25, 0.3) is 5.91 Å². The van der Waals surface area contributed by atoms with Crippen LogP contribution in [0.2, 0.25) is 10.0 Å². The van der Waals surface area contributed by atoms with Crippen LogP contribution in [0.3, 0.4) is 0 Å². The van der Waals surface area contributed by atoms with Crippen molar-refractivity contribution in [3.63, 3.8) is 0 Å². The van der Waals surface area contributed by atoms with Crippen LogP contribution in [0.25, 0.3) is 0 Å². The Hall–Kier alpha value is -2.54. The molecule has 1 N–H and O–H groups in total. The quantitative estimate of drug-likeness (QED) is 0.248. The topological polar surface area (TPSA) is 58.6 Å². The molecule has 208 valence electrons. The SMILES string of the molecule is CC(C)c1ccc(OCC(=O)N(Cc2ccc(Cl)c(Cl)c2)C(Cc2ccccc2)C(=O)NC(C)(C)C)c(Br)c1. The molecule has 2 amide bonds. The van der Waals surface area contributed by atoms with Crippen LogP contribution < -0.4 is 10.1 Å². The zero-order chi connectivity index (χ0) is 28.7. The molecule has 8 heteroatoms. The average molecular weight is 634 g/mol. The number of benzene rings is 3. The Balaban J connectivity index is 1.95. The summed E-state index contributed by atoms with van der Waals surface area (Å²) in [7, 11) is 0. The molecule has 3 aromatic carbocycles. The van der Waals surface area contributed by atoms with Gasteiger partial charge in [-0.2, -0.15) is 0 Å². The second-order valence-electron chi connectivity index (χ2n) is 10.8. The van der Waals surface area contributed by atoms with E-state index in [9.17, 15) is 9.59 Å². The number of carbonyl (C=O) groups excluding carboxylic acids is 2. The van der Waals surface area contributed by atoms with Crippen LogP contribution in [-0.2, 0) is 22.6 Å². The lowest BCUT2D eigenvalue weighted by Crippen LogP contribution is -2.55. The molecule has 39 heavy (non-hydrogen) atoms. The minimum absolute atomic E-state index is 0.154. The average Bonchev–Trinajstić information content (AvgIpc) is 2.86. The summed E-state index contributed by atoms with van der Waals surface area (Å²) in [5.41, 5.74) is 2.36. The molecule has 0 aliphatic rings. The fraction of sp³-hybridized carbons (Fsp3) is 0.355. The number of amides is 2. The molecule has 0 aliphatic heterocycles. The van der Waals surface area contributed by atoms with E-state index < -0.39 is 11.6 Å². The molecule has 3 aromatic rings. The van der Waals surface area contributed by atoms with E-state index >= 15 is 0 Å². The summed E-state index contributed by atoms with van der Waals surface area (Å²) in [5, 5.41) is 3.85. The molecular weight excluding hydrogens is 599 g/mol. The summed E-state index contributed by atoms with van der Waals surface area (Å²) < 4.78 is 6.73. The molecule has 0 heterocycles. The van der Waals surface area contributed by atoms with Gasteiger partial charge in [0.05, 0.1) is 14.5 Å². The highest BCUT2D eigenvalue weighted by molar-refractivity contribution is 9.10. The zero-order valence-corrected chi connectivity index (χ0v) is 26.0. The standard InChI is InChI=1S/C31H35BrCl2N2O3/c1-20(2)23-12-14-28(24(32)17-23)39-19-29(37)36(18-22-11-13-25(33)26(34)15-22)27(30(38)35-31(3,4)5)16-21-9-7-6-8-10-21/h6-15,17,20,27H,16,18-19H2,1-5H3,(H,35,38). The van der Waals surface area contributed by atoms with Crippen molar-refractivity contribution in [2.24, 2.45) is 0 Å². The van der Waals surface area contributed by atoms with E-state index in [4.69, 9.17) is 27.9 Å². The zero-order valence-electron chi connectivity index (χ0n) is 22.9. The molecule has 0 bridgehead atoms. The predicted octanol–water partition coefficient (Wildman–Crippen LogP) is 7.81. The van der Waals surface area contributed by atoms with E-state index in [0.29, 0.717) is 28.1 Å². The van der Waals surface area contributed by atoms with Gasteiger partial charge in [0, 0.05) is 18.5 Å². The number of nitrogens with one attached hydrogen (secondary N) is 1. The number of ether oxygens (including phenoxy) is 1. The number of halogens is 3. The van der Waals surface area contributed by atoms with Crippen molar-refractivity contribution in [1.82, 2.24) is 10.2 Å². The molecule has 0 spiro atoms. The Morgan fingerprint density at radius 3 is 2.23 bits per heavy atom. The molecule has 0 fully saturated rings. The third-order valence-electron chi connectivity index (χ3n) is 6.08. The second kappa shape index (κ2) is 13.7. The van der Waals surface area contributed by atoms with Gasteiger partial charge in [0.15, 0.2) is 6.61 Å². The van der Waals surface area contributed by atoms with E-state index in [2.05, 4.69) is 35.1 Å². The van der Waals surface area contributed by atoms with Crippen molar-refractivity contribution >= 4 is 50.9 Å². The molecule has 3 rings (SSSR count). The fourth-order valence-corrected chi connectivity index (χ4v) is 4.89. The first-order valence-electron chi connectivity index (χ1n) is 12.9. The first kappa shape index (κ1) is 31.0. The third kappa shape index (κ3) is 9.26. The highest BCUT2D eigenvalue weighted by Gasteiger charge is 2.32. The van der Waals surface area contributed by atoms with Crippen LogP contribution in [0.5, 0.6) is 5.75 Å². The number of nitrogens with zero attached hydrogens (tertiary/aromatic N) is 1. The normalized spacial score (nSPS) is 12.2. The van der Waals surface area contributed by atoms with Gasteiger partial charge in [-0.25, -0.2) is 0 Å². The number of hydrogen-bond donors (Lipinski definition) is 1. The van der Waals surface area contributed by atoms with Crippen LogP contribution in [0.4, 0.5) is 0 Å². The largest absolute Gasteiger partial charge is 0.483 e. The van der Waals surface area contributed by atoms with Gasteiger partial charge < -0.3 is 15.0 Å². The van der Waals surface area contributed by atoms with E-state index in [-0.39, 0.29) is 25.0 Å². The molecule has 0 saturated heterocycles. The maximum Gasteiger partial charge on any atom is 0.261 e. The summed E-state index contributed by atoms with van der Waals surface area (Å²) in [5.74, 6) is 0.341. The minimum atomic E-state index is -0.788. The molecule has 0 saturated carbocycles. The number of hydrogen-bond acceptors (Lipinski definition) is 3. The Kier molecular flexibility index (Phi) is 10.9. The van der Waals surface area contributed by atoms with Gasteiger partial charge in [-0.05, 0) is 83.6 Å². The Labute approximate surface area is 250 Å². The summed E-state index contributed by atoms with van der Waals surface area (Å²) >= 11 is 16.0. The van der Waals surface area contributed by atoms with Crippen LogP contribution >= 0.6 is 39.1 Å². The monoisotopic (exact) mass is 632 g/mol. The van der Waals surface area contributed by atoms with Crippen LogP contribution in [0.1, 0.15) is 57.2 Å². The third-order valence-corrected chi connectivity index (χ3v) is 7.44. The Bertz CT molecular complexity index is 1290.